The van der Waals surface area contributed by atoms with E-state index in [1.807, 2.05) is 16.9 Å². The SMILES string of the molecule is CSc1ccc(Cl)c(C(=O)NCc2nncn2C2CC2)c1. The van der Waals surface area contributed by atoms with Gasteiger partial charge in [0.1, 0.15) is 6.33 Å². The molecule has 0 atom stereocenters. The molecule has 1 heterocycles. The normalized spacial score (nSPS) is 14.2. The minimum absolute atomic E-state index is 0.193. The van der Waals surface area contributed by atoms with E-state index in [4.69, 9.17) is 11.6 Å². The molecule has 1 aliphatic carbocycles. The summed E-state index contributed by atoms with van der Waals surface area (Å²) >= 11 is 7.67. The number of amides is 1. The summed E-state index contributed by atoms with van der Waals surface area (Å²) in [5, 5.41) is 11.3. The van der Waals surface area contributed by atoms with Crippen LogP contribution in [0.3, 0.4) is 0 Å². The Morgan fingerprint density at radius 2 is 2.33 bits per heavy atom. The third kappa shape index (κ3) is 3.22. The molecule has 21 heavy (non-hydrogen) atoms. The molecule has 1 aliphatic rings. The number of benzene rings is 1. The zero-order valence-electron chi connectivity index (χ0n) is 11.5. The molecule has 1 fully saturated rings. The van der Waals surface area contributed by atoms with E-state index in [1.165, 1.54) is 0 Å². The van der Waals surface area contributed by atoms with Gasteiger partial charge >= 0.3 is 0 Å². The van der Waals surface area contributed by atoms with Crippen molar-refractivity contribution in [2.45, 2.75) is 30.3 Å². The largest absolute Gasteiger partial charge is 0.345 e. The van der Waals surface area contributed by atoms with Gasteiger partial charge in [-0.2, -0.15) is 0 Å². The van der Waals surface area contributed by atoms with E-state index < -0.39 is 0 Å². The maximum Gasteiger partial charge on any atom is 0.253 e. The fraction of sp³-hybridized carbons (Fsp3) is 0.357. The molecular formula is C14H15ClN4OS. The van der Waals surface area contributed by atoms with E-state index in [9.17, 15) is 4.79 Å². The van der Waals surface area contributed by atoms with Crippen molar-refractivity contribution < 1.29 is 4.79 Å². The molecule has 1 aromatic heterocycles. The molecule has 1 aromatic carbocycles. The first-order chi connectivity index (χ1) is 10.2. The van der Waals surface area contributed by atoms with E-state index >= 15 is 0 Å². The molecule has 0 radical (unpaired) electrons. The van der Waals surface area contributed by atoms with E-state index in [1.54, 1.807) is 30.2 Å². The molecule has 0 bridgehead atoms. The molecule has 110 valence electrons. The van der Waals surface area contributed by atoms with Crippen LogP contribution in [0, 0.1) is 0 Å². The standard InChI is InChI=1S/C14H15ClN4OS/c1-21-10-4-5-12(15)11(6-10)14(20)16-7-13-18-17-8-19(13)9-2-3-9/h4-6,8-9H,2-3,7H2,1H3,(H,16,20). The summed E-state index contributed by atoms with van der Waals surface area (Å²) < 4.78 is 2.03. The summed E-state index contributed by atoms with van der Waals surface area (Å²) in [6.07, 6.45) is 5.99. The van der Waals surface area contributed by atoms with Crippen molar-refractivity contribution in [2.24, 2.45) is 0 Å². The molecule has 1 N–H and O–H groups in total. The highest BCUT2D eigenvalue weighted by atomic mass is 35.5. The number of hydrogen-bond donors (Lipinski definition) is 1. The average molecular weight is 323 g/mol. The van der Waals surface area contributed by atoms with E-state index in [0.29, 0.717) is 23.2 Å². The van der Waals surface area contributed by atoms with E-state index in [-0.39, 0.29) is 5.91 Å². The second-order valence-electron chi connectivity index (χ2n) is 4.91. The van der Waals surface area contributed by atoms with Crippen LogP contribution in [-0.2, 0) is 6.54 Å². The quantitative estimate of drug-likeness (QED) is 0.860. The van der Waals surface area contributed by atoms with Crippen molar-refractivity contribution in [3.63, 3.8) is 0 Å². The second kappa shape index (κ2) is 6.07. The van der Waals surface area contributed by atoms with Gasteiger partial charge in [-0.05, 0) is 37.3 Å². The molecule has 1 amide bonds. The average Bonchev–Trinajstić information content (AvgIpc) is 3.24. The first kappa shape index (κ1) is 14.4. The minimum atomic E-state index is -0.193. The molecule has 0 unspecified atom stereocenters. The van der Waals surface area contributed by atoms with Crippen LogP contribution in [0.2, 0.25) is 5.02 Å². The lowest BCUT2D eigenvalue weighted by Crippen LogP contribution is -2.25. The van der Waals surface area contributed by atoms with Crippen molar-refractivity contribution in [3.05, 3.63) is 40.9 Å². The Bertz CT molecular complexity index is 669. The van der Waals surface area contributed by atoms with Crippen molar-refractivity contribution in [1.29, 1.82) is 0 Å². The minimum Gasteiger partial charge on any atom is -0.345 e. The number of nitrogens with one attached hydrogen (secondary N) is 1. The predicted octanol–water partition coefficient (Wildman–Crippen LogP) is 2.92. The Balaban J connectivity index is 1.70. The summed E-state index contributed by atoms with van der Waals surface area (Å²) in [5.41, 5.74) is 0.487. The van der Waals surface area contributed by atoms with Gasteiger partial charge in [0.25, 0.3) is 5.91 Å². The Hall–Kier alpha value is -1.53. The van der Waals surface area contributed by atoms with Crippen LogP contribution in [0.5, 0.6) is 0 Å². The van der Waals surface area contributed by atoms with Gasteiger partial charge in [0.15, 0.2) is 5.82 Å². The number of aromatic nitrogens is 3. The third-order valence-electron chi connectivity index (χ3n) is 3.41. The van der Waals surface area contributed by atoms with Crippen molar-refractivity contribution >= 4 is 29.3 Å². The number of hydrogen-bond acceptors (Lipinski definition) is 4. The van der Waals surface area contributed by atoms with Gasteiger partial charge in [0.05, 0.1) is 17.1 Å². The summed E-state index contributed by atoms with van der Waals surface area (Å²) in [6.45, 7) is 0.356. The van der Waals surface area contributed by atoms with Crippen LogP contribution in [0.25, 0.3) is 0 Å². The van der Waals surface area contributed by atoms with Crippen LogP contribution in [0.4, 0.5) is 0 Å². The second-order valence-corrected chi connectivity index (χ2v) is 6.20. The van der Waals surface area contributed by atoms with Crippen LogP contribution in [-0.4, -0.2) is 26.9 Å². The molecule has 5 nitrogen and oxygen atoms in total. The van der Waals surface area contributed by atoms with Crippen LogP contribution < -0.4 is 5.32 Å². The summed E-state index contributed by atoms with van der Waals surface area (Å²) in [6, 6.07) is 5.94. The lowest BCUT2D eigenvalue weighted by molar-refractivity contribution is 0.0949. The monoisotopic (exact) mass is 322 g/mol. The highest BCUT2D eigenvalue weighted by Gasteiger charge is 2.26. The Morgan fingerprint density at radius 1 is 1.52 bits per heavy atom. The molecule has 3 rings (SSSR count). The van der Waals surface area contributed by atoms with Gasteiger partial charge in [-0.3, -0.25) is 4.79 Å². The van der Waals surface area contributed by atoms with Crippen molar-refractivity contribution in [2.75, 3.05) is 6.26 Å². The third-order valence-corrected chi connectivity index (χ3v) is 4.47. The lowest BCUT2D eigenvalue weighted by Gasteiger charge is -2.09. The first-order valence-electron chi connectivity index (χ1n) is 6.69. The Kier molecular flexibility index (Phi) is 4.17. The molecule has 7 heteroatoms. The highest BCUT2D eigenvalue weighted by molar-refractivity contribution is 7.98. The van der Waals surface area contributed by atoms with Crippen LogP contribution >= 0.6 is 23.4 Å². The molecule has 0 spiro atoms. The first-order valence-corrected chi connectivity index (χ1v) is 8.29. The van der Waals surface area contributed by atoms with Gasteiger partial charge in [-0.15, -0.1) is 22.0 Å². The van der Waals surface area contributed by atoms with Crippen molar-refractivity contribution in [3.8, 4) is 0 Å². The van der Waals surface area contributed by atoms with Crippen LogP contribution in [0.15, 0.2) is 29.4 Å². The van der Waals surface area contributed by atoms with Crippen molar-refractivity contribution in [1.82, 2.24) is 20.1 Å². The molecule has 2 aromatic rings. The van der Waals surface area contributed by atoms with E-state index in [0.717, 1.165) is 23.6 Å². The Labute approximate surface area is 132 Å². The maximum atomic E-state index is 12.3. The summed E-state index contributed by atoms with van der Waals surface area (Å²) in [7, 11) is 0. The van der Waals surface area contributed by atoms with Gasteiger partial charge in [0, 0.05) is 10.9 Å². The van der Waals surface area contributed by atoms with Gasteiger partial charge in [-0.1, -0.05) is 11.6 Å². The number of nitrogens with zero attached hydrogens (tertiary/aromatic N) is 3. The smallest absolute Gasteiger partial charge is 0.253 e. The molecule has 1 saturated carbocycles. The Morgan fingerprint density at radius 3 is 3.05 bits per heavy atom. The predicted molar refractivity (Wildman–Crippen MR) is 82.7 cm³/mol. The number of rotatable bonds is 5. The highest BCUT2D eigenvalue weighted by Crippen LogP contribution is 2.35. The number of thioether (sulfide) groups is 1. The van der Waals surface area contributed by atoms with Gasteiger partial charge in [0.2, 0.25) is 0 Å². The van der Waals surface area contributed by atoms with Gasteiger partial charge in [-0.25, -0.2) is 0 Å². The molecule has 0 saturated heterocycles. The topological polar surface area (TPSA) is 59.8 Å². The summed E-state index contributed by atoms with van der Waals surface area (Å²) in [4.78, 5) is 13.3. The maximum absolute atomic E-state index is 12.3. The number of halogens is 1. The molecule has 0 aliphatic heterocycles. The zero-order chi connectivity index (χ0) is 14.8. The van der Waals surface area contributed by atoms with E-state index in [2.05, 4.69) is 15.5 Å². The fourth-order valence-electron chi connectivity index (χ4n) is 2.11. The zero-order valence-corrected chi connectivity index (χ0v) is 13.1. The molecular weight excluding hydrogens is 308 g/mol. The lowest BCUT2D eigenvalue weighted by atomic mass is 10.2. The van der Waals surface area contributed by atoms with Crippen LogP contribution in [0.1, 0.15) is 35.1 Å². The summed E-state index contributed by atoms with van der Waals surface area (Å²) in [5.74, 6) is 0.587. The fourth-order valence-corrected chi connectivity index (χ4v) is 2.75. The van der Waals surface area contributed by atoms with Gasteiger partial charge < -0.3 is 9.88 Å². The number of carbonyl (C=O) groups excluding carboxylic acids is 1. The number of carbonyl (C=O) groups is 1.